The van der Waals surface area contributed by atoms with Crippen LogP contribution in [-0.2, 0) is 6.54 Å². The molecule has 0 radical (unpaired) electrons. The summed E-state index contributed by atoms with van der Waals surface area (Å²) in [7, 11) is 0. The number of rotatable bonds is 5. The minimum absolute atomic E-state index is 0.164. The Kier molecular flexibility index (Phi) is 3.82. The molecule has 0 fully saturated rings. The van der Waals surface area contributed by atoms with Gasteiger partial charge < -0.3 is 5.32 Å². The number of fused-ring (bicyclic) bond motifs is 1. The number of aryl methyl sites for hydroxylation is 1. The van der Waals surface area contributed by atoms with Crippen LogP contribution in [0, 0.1) is 0 Å². The highest BCUT2D eigenvalue weighted by atomic mass is 16.1. The van der Waals surface area contributed by atoms with Gasteiger partial charge in [-0.05, 0) is 31.5 Å². The third-order valence-corrected chi connectivity index (χ3v) is 3.55. The molecular formula is C14H17N7O. The fraction of sp³-hybridized carbons (Fsp3) is 0.357. The molecule has 8 heteroatoms. The first-order valence-electron chi connectivity index (χ1n) is 7.22. The predicted molar refractivity (Wildman–Crippen MR) is 80.1 cm³/mol. The predicted octanol–water partition coefficient (Wildman–Crippen LogP) is 1.45. The molecule has 0 spiro atoms. The van der Waals surface area contributed by atoms with Crippen LogP contribution in [0.15, 0.2) is 24.5 Å². The lowest BCUT2D eigenvalue weighted by atomic mass is 10.1. The van der Waals surface area contributed by atoms with Crippen molar-refractivity contribution in [1.29, 1.82) is 0 Å². The zero-order valence-corrected chi connectivity index (χ0v) is 12.4. The Labute approximate surface area is 126 Å². The van der Waals surface area contributed by atoms with Gasteiger partial charge in [-0.25, -0.2) is 9.67 Å². The van der Waals surface area contributed by atoms with Crippen molar-refractivity contribution in [3.05, 3.63) is 35.9 Å². The van der Waals surface area contributed by atoms with Crippen molar-refractivity contribution in [2.45, 2.75) is 32.9 Å². The highest BCUT2D eigenvalue weighted by molar-refractivity contribution is 5.97. The van der Waals surface area contributed by atoms with Gasteiger partial charge in [0.1, 0.15) is 23.2 Å². The molecule has 0 saturated carbocycles. The maximum atomic E-state index is 12.4. The van der Waals surface area contributed by atoms with Crippen LogP contribution in [0.1, 0.15) is 42.5 Å². The first kappa shape index (κ1) is 14.2. The Morgan fingerprint density at radius 1 is 1.32 bits per heavy atom. The van der Waals surface area contributed by atoms with Gasteiger partial charge >= 0.3 is 0 Å². The van der Waals surface area contributed by atoms with Crippen molar-refractivity contribution in [3.8, 4) is 0 Å². The molecule has 2 aromatic heterocycles. The molecule has 1 aromatic carbocycles. The molecule has 2 heterocycles. The smallest absolute Gasteiger partial charge is 0.251 e. The first-order chi connectivity index (χ1) is 10.7. The summed E-state index contributed by atoms with van der Waals surface area (Å²) >= 11 is 0. The minimum Gasteiger partial charge on any atom is -0.342 e. The molecule has 114 valence electrons. The zero-order valence-electron chi connectivity index (χ0n) is 12.4. The largest absolute Gasteiger partial charge is 0.342 e. The van der Waals surface area contributed by atoms with Crippen LogP contribution >= 0.6 is 0 Å². The molecule has 0 aliphatic carbocycles. The molecule has 22 heavy (non-hydrogen) atoms. The lowest BCUT2D eigenvalue weighted by molar-refractivity contribution is 0.0933. The van der Waals surface area contributed by atoms with Crippen LogP contribution in [-0.4, -0.2) is 36.1 Å². The highest BCUT2D eigenvalue weighted by Crippen LogP contribution is 2.16. The minimum atomic E-state index is -0.178. The maximum absolute atomic E-state index is 12.4. The number of hydrogen-bond donors (Lipinski definition) is 2. The SMILES string of the molecule is CCC(NC(=O)c1ccc2n[nH]nc2c1)c1ncnn1CC. The van der Waals surface area contributed by atoms with Gasteiger partial charge in [0.05, 0.1) is 6.04 Å². The summed E-state index contributed by atoms with van der Waals surface area (Å²) < 4.78 is 1.79. The molecule has 0 aliphatic rings. The monoisotopic (exact) mass is 299 g/mol. The molecule has 3 rings (SSSR count). The number of H-pyrrole nitrogens is 1. The zero-order chi connectivity index (χ0) is 15.5. The number of aromatic amines is 1. The van der Waals surface area contributed by atoms with Crippen LogP contribution in [0.3, 0.4) is 0 Å². The Balaban J connectivity index is 1.82. The second-order valence-corrected chi connectivity index (χ2v) is 4.90. The third kappa shape index (κ3) is 2.54. The van der Waals surface area contributed by atoms with Crippen molar-refractivity contribution in [2.24, 2.45) is 0 Å². The lowest BCUT2D eigenvalue weighted by Gasteiger charge is -2.16. The van der Waals surface area contributed by atoms with Gasteiger partial charge in [0.15, 0.2) is 0 Å². The Morgan fingerprint density at radius 2 is 2.14 bits per heavy atom. The summed E-state index contributed by atoms with van der Waals surface area (Å²) in [6, 6.07) is 5.04. The van der Waals surface area contributed by atoms with E-state index in [0.29, 0.717) is 17.6 Å². The number of nitrogens with one attached hydrogen (secondary N) is 2. The Bertz CT molecular complexity index is 791. The Hall–Kier alpha value is -2.77. The van der Waals surface area contributed by atoms with Gasteiger partial charge in [0.2, 0.25) is 0 Å². The molecule has 1 amide bonds. The van der Waals surface area contributed by atoms with E-state index in [-0.39, 0.29) is 11.9 Å². The van der Waals surface area contributed by atoms with Crippen molar-refractivity contribution >= 4 is 16.9 Å². The van der Waals surface area contributed by atoms with E-state index in [1.807, 2.05) is 13.8 Å². The molecular weight excluding hydrogens is 282 g/mol. The number of nitrogens with zero attached hydrogens (tertiary/aromatic N) is 5. The van der Waals surface area contributed by atoms with Crippen LogP contribution in [0.2, 0.25) is 0 Å². The van der Waals surface area contributed by atoms with Crippen LogP contribution in [0.5, 0.6) is 0 Å². The molecule has 1 unspecified atom stereocenters. The van der Waals surface area contributed by atoms with E-state index in [1.54, 1.807) is 22.9 Å². The summed E-state index contributed by atoms with van der Waals surface area (Å²) in [5, 5.41) is 17.7. The fourth-order valence-electron chi connectivity index (χ4n) is 2.36. The normalized spacial score (nSPS) is 12.5. The van der Waals surface area contributed by atoms with Gasteiger partial charge in [-0.3, -0.25) is 4.79 Å². The van der Waals surface area contributed by atoms with E-state index in [2.05, 4.69) is 30.8 Å². The average molecular weight is 299 g/mol. The van der Waals surface area contributed by atoms with Crippen LogP contribution in [0.4, 0.5) is 0 Å². The van der Waals surface area contributed by atoms with E-state index in [4.69, 9.17) is 0 Å². The second kappa shape index (κ2) is 5.92. The number of hydrogen-bond acceptors (Lipinski definition) is 5. The van der Waals surface area contributed by atoms with E-state index >= 15 is 0 Å². The quantitative estimate of drug-likeness (QED) is 0.742. The summed E-state index contributed by atoms with van der Waals surface area (Å²) in [5.74, 6) is 0.600. The summed E-state index contributed by atoms with van der Waals surface area (Å²) in [6.07, 6.45) is 2.24. The van der Waals surface area contributed by atoms with E-state index in [9.17, 15) is 4.79 Å². The van der Waals surface area contributed by atoms with Gasteiger partial charge in [-0.2, -0.15) is 20.5 Å². The van der Waals surface area contributed by atoms with Crippen molar-refractivity contribution in [3.63, 3.8) is 0 Å². The van der Waals surface area contributed by atoms with E-state index in [0.717, 1.165) is 17.8 Å². The average Bonchev–Trinajstić information content (AvgIpc) is 3.19. The second-order valence-electron chi connectivity index (χ2n) is 4.90. The highest BCUT2D eigenvalue weighted by Gasteiger charge is 2.19. The first-order valence-corrected chi connectivity index (χ1v) is 7.22. The molecule has 0 saturated heterocycles. The van der Waals surface area contributed by atoms with Gasteiger partial charge in [-0.15, -0.1) is 0 Å². The summed E-state index contributed by atoms with van der Waals surface area (Å²) in [4.78, 5) is 16.7. The fourth-order valence-corrected chi connectivity index (χ4v) is 2.36. The molecule has 2 N–H and O–H groups in total. The topological polar surface area (TPSA) is 101 Å². The molecule has 8 nitrogen and oxygen atoms in total. The number of carbonyl (C=O) groups excluding carboxylic acids is 1. The number of aromatic nitrogens is 6. The number of amides is 1. The van der Waals surface area contributed by atoms with Crippen LogP contribution < -0.4 is 5.32 Å². The van der Waals surface area contributed by atoms with Crippen molar-refractivity contribution in [2.75, 3.05) is 0 Å². The molecule has 0 aliphatic heterocycles. The summed E-state index contributed by atoms with van der Waals surface area (Å²) in [6.45, 7) is 4.71. The van der Waals surface area contributed by atoms with Crippen molar-refractivity contribution in [1.82, 2.24) is 35.5 Å². The van der Waals surface area contributed by atoms with Gasteiger partial charge in [0.25, 0.3) is 5.91 Å². The molecule has 3 aromatic rings. The third-order valence-electron chi connectivity index (χ3n) is 3.55. The van der Waals surface area contributed by atoms with Crippen molar-refractivity contribution < 1.29 is 4.79 Å². The van der Waals surface area contributed by atoms with E-state index in [1.165, 1.54) is 6.33 Å². The van der Waals surface area contributed by atoms with Crippen LogP contribution in [0.25, 0.3) is 11.0 Å². The van der Waals surface area contributed by atoms with Gasteiger partial charge in [-0.1, -0.05) is 6.92 Å². The summed E-state index contributed by atoms with van der Waals surface area (Å²) in [5.41, 5.74) is 1.94. The Morgan fingerprint density at radius 3 is 2.91 bits per heavy atom. The molecule has 0 bridgehead atoms. The van der Waals surface area contributed by atoms with E-state index < -0.39 is 0 Å². The number of carbonyl (C=O) groups is 1. The van der Waals surface area contributed by atoms with Gasteiger partial charge in [0, 0.05) is 12.1 Å². The standard InChI is InChI=1S/C14H17N7O/c1-3-10(13-15-8-16-21(13)4-2)17-14(22)9-5-6-11-12(7-9)19-20-18-11/h5-8,10H,3-4H2,1-2H3,(H,17,22)(H,18,19,20). The lowest BCUT2D eigenvalue weighted by Crippen LogP contribution is -2.30. The molecule has 1 atom stereocenters. The maximum Gasteiger partial charge on any atom is 0.251 e. The number of benzene rings is 1.